The van der Waals surface area contributed by atoms with E-state index in [0.29, 0.717) is 23.0 Å². The maximum atomic E-state index is 13.4. The van der Waals surface area contributed by atoms with Gasteiger partial charge in [0, 0.05) is 29.9 Å². The van der Waals surface area contributed by atoms with Crippen LogP contribution in [0.2, 0.25) is 0 Å². The summed E-state index contributed by atoms with van der Waals surface area (Å²) < 4.78 is 5.40. The predicted molar refractivity (Wildman–Crippen MR) is 111 cm³/mol. The maximum absolute atomic E-state index is 13.4. The van der Waals surface area contributed by atoms with Crippen LogP contribution in [0.25, 0.3) is 11.1 Å². The van der Waals surface area contributed by atoms with Crippen LogP contribution in [0, 0.1) is 6.92 Å². The number of amides is 1. The lowest BCUT2D eigenvalue weighted by Crippen LogP contribution is -2.33. The number of aromatic nitrogens is 3. The van der Waals surface area contributed by atoms with E-state index in [4.69, 9.17) is 4.74 Å². The number of ketones is 1. The van der Waals surface area contributed by atoms with Crippen molar-refractivity contribution in [2.24, 2.45) is 0 Å². The van der Waals surface area contributed by atoms with Crippen molar-refractivity contribution >= 4 is 23.1 Å². The molecule has 150 valence electrons. The van der Waals surface area contributed by atoms with E-state index in [1.54, 1.807) is 23.5 Å². The Labute approximate surface area is 173 Å². The summed E-state index contributed by atoms with van der Waals surface area (Å²) in [4.78, 5) is 39.8. The van der Waals surface area contributed by atoms with E-state index >= 15 is 0 Å². The maximum Gasteiger partial charge on any atom is 0.241 e. The zero-order valence-corrected chi connectivity index (χ0v) is 17.0. The Morgan fingerprint density at radius 3 is 2.53 bits per heavy atom. The molecule has 0 radical (unpaired) electrons. The van der Waals surface area contributed by atoms with Crippen molar-refractivity contribution in [1.29, 1.82) is 0 Å². The molecule has 7 nitrogen and oxygen atoms in total. The molecule has 2 aliphatic heterocycles. The third-order valence-corrected chi connectivity index (χ3v) is 5.69. The van der Waals surface area contributed by atoms with Gasteiger partial charge in [0.2, 0.25) is 11.8 Å². The quantitative estimate of drug-likeness (QED) is 0.656. The van der Waals surface area contributed by atoms with Gasteiger partial charge >= 0.3 is 0 Å². The lowest BCUT2D eigenvalue weighted by atomic mass is 9.85. The topological polar surface area (TPSA) is 85.3 Å². The van der Waals surface area contributed by atoms with Gasteiger partial charge in [0.05, 0.1) is 23.0 Å². The van der Waals surface area contributed by atoms with Crippen molar-refractivity contribution in [3.8, 4) is 17.0 Å². The van der Waals surface area contributed by atoms with Crippen molar-refractivity contribution in [2.75, 3.05) is 11.5 Å². The van der Waals surface area contributed by atoms with E-state index in [0.717, 1.165) is 22.4 Å². The number of Topliss-reactive ketones (excluding diaryl/α,β-unsaturated/α-hetero) is 1. The third-order valence-electron chi connectivity index (χ3n) is 5.69. The summed E-state index contributed by atoms with van der Waals surface area (Å²) in [6, 6.07) is 7.78. The first-order chi connectivity index (χ1) is 14.3. The molecule has 4 heterocycles. The minimum atomic E-state index is -0.681. The zero-order chi connectivity index (χ0) is 21.0. The average Bonchev–Trinajstić information content (AvgIpc) is 2.93. The lowest BCUT2D eigenvalue weighted by Gasteiger charge is -2.22. The van der Waals surface area contributed by atoms with E-state index in [9.17, 15) is 9.59 Å². The van der Waals surface area contributed by atoms with Crippen LogP contribution < -0.4 is 9.64 Å². The van der Waals surface area contributed by atoms with Gasteiger partial charge in [-0.05, 0) is 44.0 Å². The summed E-state index contributed by atoms with van der Waals surface area (Å²) in [5.41, 5.74) is 4.19. The number of carbonyl (C=O) groups excluding carboxylic acids is 2. The standard InChI is InChI=1S/C23H20N4O3/c1-13-24-9-16(10-25-13)14-4-5-19-20(8-14)27(22(29)23(19,2)3)17-6-15-7-18(28)12-30-21(15)26-11-17/h4-6,8-11H,7,12H2,1-3H3. The van der Waals surface area contributed by atoms with Gasteiger partial charge in [0.15, 0.2) is 5.78 Å². The summed E-state index contributed by atoms with van der Waals surface area (Å²) in [5, 5.41) is 0. The van der Waals surface area contributed by atoms with Crippen LogP contribution in [-0.4, -0.2) is 33.2 Å². The fraction of sp³-hybridized carbons (Fsp3) is 0.261. The molecule has 0 unspecified atom stereocenters. The lowest BCUT2D eigenvalue weighted by molar-refractivity contribution is -0.122. The van der Waals surface area contributed by atoms with Gasteiger partial charge in [-0.2, -0.15) is 0 Å². The Bertz CT molecular complexity index is 1200. The highest BCUT2D eigenvalue weighted by Crippen LogP contribution is 2.47. The summed E-state index contributed by atoms with van der Waals surface area (Å²) in [6.07, 6.45) is 5.44. The molecule has 1 aromatic carbocycles. The number of benzene rings is 1. The van der Waals surface area contributed by atoms with E-state index in [1.807, 2.05) is 45.0 Å². The molecule has 0 saturated carbocycles. The summed E-state index contributed by atoms with van der Waals surface area (Å²) in [6.45, 7) is 5.72. The molecule has 0 atom stereocenters. The highest BCUT2D eigenvalue weighted by molar-refractivity contribution is 6.13. The number of hydrogen-bond donors (Lipinski definition) is 0. The number of nitrogens with zero attached hydrogens (tertiary/aromatic N) is 4. The molecule has 0 aliphatic carbocycles. The monoisotopic (exact) mass is 400 g/mol. The van der Waals surface area contributed by atoms with Gasteiger partial charge in [-0.15, -0.1) is 0 Å². The smallest absolute Gasteiger partial charge is 0.241 e. The second-order valence-electron chi connectivity index (χ2n) is 8.18. The van der Waals surface area contributed by atoms with Crippen LogP contribution in [0.5, 0.6) is 5.88 Å². The number of pyridine rings is 1. The Morgan fingerprint density at radius 2 is 1.77 bits per heavy atom. The highest BCUT2D eigenvalue weighted by Gasteiger charge is 2.45. The first-order valence-corrected chi connectivity index (χ1v) is 9.76. The van der Waals surface area contributed by atoms with Gasteiger partial charge in [-0.25, -0.2) is 15.0 Å². The number of fused-ring (bicyclic) bond motifs is 2. The van der Waals surface area contributed by atoms with Crippen LogP contribution in [0.3, 0.4) is 0 Å². The van der Waals surface area contributed by atoms with Crippen molar-refractivity contribution in [3.05, 3.63) is 59.8 Å². The molecule has 0 fully saturated rings. The minimum absolute atomic E-state index is 0.00316. The molecule has 2 aliphatic rings. The molecular formula is C23H20N4O3. The molecule has 30 heavy (non-hydrogen) atoms. The SMILES string of the molecule is Cc1ncc(-c2ccc3c(c2)N(c2cnc4c(c2)CC(=O)CO4)C(=O)C3(C)C)cn1. The number of ether oxygens (including phenoxy) is 1. The van der Waals surface area contributed by atoms with Gasteiger partial charge < -0.3 is 4.74 Å². The highest BCUT2D eigenvalue weighted by atomic mass is 16.5. The van der Waals surface area contributed by atoms with Crippen LogP contribution in [-0.2, 0) is 21.4 Å². The van der Waals surface area contributed by atoms with Crippen molar-refractivity contribution in [1.82, 2.24) is 15.0 Å². The van der Waals surface area contributed by atoms with Gasteiger partial charge in [-0.3, -0.25) is 14.5 Å². The number of anilines is 2. The summed E-state index contributed by atoms with van der Waals surface area (Å²) in [7, 11) is 0. The number of aryl methyl sites for hydroxylation is 1. The second kappa shape index (κ2) is 6.45. The largest absolute Gasteiger partial charge is 0.469 e. The fourth-order valence-corrected chi connectivity index (χ4v) is 4.00. The van der Waals surface area contributed by atoms with Crippen LogP contribution in [0.15, 0.2) is 42.9 Å². The van der Waals surface area contributed by atoms with Crippen LogP contribution in [0.4, 0.5) is 11.4 Å². The van der Waals surface area contributed by atoms with Crippen molar-refractivity contribution in [2.45, 2.75) is 32.6 Å². The first-order valence-electron chi connectivity index (χ1n) is 9.76. The van der Waals surface area contributed by atoms with Gasteiger partial charge in [0.1, 0.15) is 12.4 Å². The Hall–Kier alpha value is -3.61. The van der Waals surface area contributed by atoms with Gasteiger partial charge in [-0.1, -0.05) is 12.1 Å². The van der Waals surface area contributed by atoms with Gasteiger partial charge in [0.25, 0.3) is 0 Å². The van der Waals surface area contributed by atoms with E-state index in [1.165, 1.54) is 0 Å². The molecular weight excluding hydrogens is 380 g/mol. The number of hydrogen-bond acceptors (Lipinski definition) is 6. The van der Waals surface area contributed by atoms with Crippen molar-refractivity contribution in [3.63, 3.8) is 0 Å². The fourth-order valence-electron chi connectivity index (χ4n) is 4.00. The van der Waals surface area contributed by atoms with E-state index in [2.05, 4.69) is 15.0 Å². The molecule has 7 heteroatoms. The first kappa shape index (κ1) is 18.4. The molecule has 0 N–H and O–H groups in total. The average molecular weight is 400 g/mol. The van der Waals surface area contributed by atoms with Crippen LogP contribution >= 0.6 is 0 Å². The Balaban J connectivity index is 1.63. The second-order valence-corrected chi connectivity index (χ2v) is 8.18. The van der Waals surface area contributed by atoms with E-state index in [-0.39, 0.29) is 24.7 Å². The molecule has 0 saturated heterocycles. The minimum Gasteiger partial charge on any atom is -0.469 e. The third kappa shape index (κ3) is 2.77. The molecule has 5 rings (SSSR count). The summed E-state index contributed by atoms with van der Waals surface area (Å²) in [5.74, 6) is 1.11. The molecule has 1 amide bonds. The zero-order valence-electron chi connectivity index (χ0n) is 17.0. The molecule has 0 bridgehead atoms. The molecule has 0 spiro atoms. The molecule has 2 aromatic heterocycles. The van der Waals surface area contributed by atoms with Crippen molar-refractivity contribution < 1.29 is 14.3 Å². The van der Waals surface area contributed by atoms with Crippen LogP contribution in [0.1, 0.15) is 30.8 Å². The normalized spacial score (nSPS) is 16.8. The number of rotatable bonds is 2. The Kier molecular flexibility index (Phi) is 3.96. The number of carbonyl (C=O) groups is 2. The predicted octanol–water partition coefficient (Wildman–Crippen LogP) is 3.31. The Morgan fingerprint density at radius 1 is 1.00 bits per heavy atom. The van der Waals surface area contributed by atoms with E-state index < -0.39 is 5.41 Å². The molecule has 3 aromatic rings. The summed E-state index contributed by atoms with van der Waals surface area (Å²) >= 11 is 0.